The summed E-state index contributed by atoms with van der Waals surface area (Å²) >= 11 is 5.83. The van der Waals surface area contributed by atoms with Gasteiger partial charge in [-0.15, -0.1) is 0 Å². The SMILES string of the molecule is O=S1(=O)CCC(C(O)COc2cccc(Cl)c2)CC1. The van der Waals surface area contributed by atoms with E-state index in [1.54, 1.807) is 24.3 Å². The highest BCUT2D eigenvalue weighted by atomic mass is 35.5. The predicted molar refractivity (Wildman–Crippen MR) is 74.3 cm³/mol. The molecule has 0 bridgehead atoms. The van der Waals surface area contributed by atoms with E-state index in [1.165, 1.54) is 0 Å². The highest BCUT2D eigenvalue weighted by Gasteiger charge is 2.28. The van der Waals surface area contributed by atoms with Crippen molar-refractivity contribution < 1.29 is 18.3 Å². The van der Waals surface area contributed by atoms with E-state index in [4.69, 9.17) is 16.3 Å². The number of aliphatic hydroxyl groups is 1. The lowest BCUT2D eigenvalue weighted by Crippen LogP contribution is -2.34. The van der Waals surface area contributed by atoms with Crippen molar-refractivity contribution in [2.75, 3.05) is 18.1 Å². The first-order chi connectivity index (χ1) is 8.96. The minimum absolute atomic E-state index is 0.0114. The molecule has 0 aromatic heterocycles. The van der Waals surface area contributed by atoms with Gasteiger partial charge in [0.2, 0.25) is 0 Å². The zero-order valence-electron chi connectivity index (χ0n) is 10.5. The van der Waals surface area contributed by atoms with E-state index in [2.05, 4.69) is 0 Å². The van der Waals surface area contributed by atoms with E-state index < -0.39 is 15.9 Å². The Balaban J connectivity index is 1.83. The quantitative estimate of drug-likeness (QED) is 0.923. The van der Waals surface area contributed by atoms with Gasteiger partial charge in [0.1, 0.15) is 22.2 Å². The Labute approximate surface area is 118 Å². The fourth-order valence-electron chi connectivity index (χ4n) is 2.17. The highest BCUT2D eigenvalue weighted by molar-refractivity contribution is 7.91. The van der Waals surface area contributed by atoms with Gasteiger partial charge in [0.15, 0.2) is 0 Å². The Bertz CT molecular complexity index is 515. The molecule has 0 saturated carbocycles. The number of hydrogen-bond acceptors (Lipinski definition) is 4. The number of rotatable bonds is 4. The number of benzene rings is 1. The molecule has 0 amide bonds. The maximum Gasteiger partial charge on any atom is 0.150 e. The monoisotopic (exact) mass is 304 g/mol. The van der Waals surface area contributed by atoms with Gasteiger partial charge >= 0.3 is 0 Å². The zero-order chi connectivity index (χ0) is 13.9. The fourth-order valence-corrected chi connectivity index (χ4v) is 3.88. The molecule has 4 nitrogen and oxygen atoms in total. The van der Waals surface area contributed by atoms with Gasteiger partial charge in [-0.25, -0.2) is 8.42 Å². The van der Waals surface area contributed by atoms with Crippen molar-refractivity contribution >= 4 is 21.4 Å². The van der Waals surface area contributed by atoms with Crippen molar-refractivity contribution in [2.45, 2.75) is 18.9 Å². The summed E-state index contributed by atoms with van der Waals surface area (Å²) in [6.45, 7) is 0.158. The molecule has 0 radical (unpaired) electrons. The van der Waals surface area contributed by atoms with E-state index in [-0.39, 0.29) is 24.0 Å². The molecule has 0 aliphatic carbocycles. The lowest BCUT2D eigenvalue weighted by molar-refractivity contribution is 0.0528. The molecule has 6 heteroatoms. The third kappa shape index (κ3) is 4.37. The summed E-state index contributed by atoms with van der Waals surface area (Å²) in [6, 6.07) is 6.97. The molecule has 1 atom stereocenters. The molecule has 1 N–H and O–H groups in total. The summed E-state index contributed by atoms with van der Waals surface area (Å²) in [5, 5.41) is 10.6. The van der Waals surface area contributed by atoms with Gasteiger partial charge in [0.25, 0.3) is 0 Å². The lowest BCUT2D eigenvalue weighted by Gasteiger charge is -2.26. The van der Waals surface area contributed by atoms with Crippen molar-refractivity contribution in [1.29, 1.82) is 0 Å². The number of sulfone groups is 1. The van der Waals surface area contributed by atoms with Crippen molar-refractivity contribution in [2.24, 2.45) is 5.92 Å². The number of hydrogen-bond donors (Lipinski definition) is 1. The number of ether oxygens (including phenoxy) is 1. The first-order valence-electron chi connectivity index (χ1n) is 6.23. The molecular weight excluding hydrogens is 288 g/mol. The maximum atomic E-state index is 11.3. The first-order valence-corrected chi connectivity index (χ1v) is 8.43. The van der Waals surface area contributed by atoms with Gasteiger partial charge in [0, 0.05) is 5.02 Å². The second kappa shape index (κ2) is 6.11. The fraction of sp³-hybridized carbons (Fsp3) is 0.538. The van der Waals surface area contributed by atoms with Crippen LogP contribution in [-0.4, -0.2) is 37.7 Å². The van der Waals surface area contributed by atoms with Crippen molar-refractivity contribution in [3.8, 4) is 5.75 Å². The van der Waals surface area contributed by atoms with Crippen molar-refractivity contribution in [1.82, 2.24) is 0 Å². The molecule has 1 aliphatic heterocycles. The van der Waals surface area contributed by atoms with Crippen LogP contribution in [0.3, 0.4) is 0 Å². The van der Waals surface area contributed by atoms with E-state index >= 15 is 0 Å². The number of halogens is 1. The second-order valence-corrected chi connectivity index (χ2v) is 7.57. The van der Waals surface area contributed by atoms with Crippen LogP contribution < -0.4 is 4.74 Å². The average molecular weight is 305 g/mol. The van der Waals surface area contributed by atoms with Gasteiger partial charge in [-0.3, -0.25) is 0 Å². The largest absolute Gasteiger partial charge is 0.491 e. The molecule has 1 aromatic rings. The van der Waals surface area contributed by atoms with Crippen LogP contribution in [0.2, 0.25) is 5.02 Å². The highest BCUT2D eigenvalue weighted by Crippen LogP contribution is 2.23. The zero-order valence-corrected chi connectivity index (χ0v) is 12.0. The third-order valence-corrected chi connectivity index (χ3v) is 5.31. The topological polar surface area (TPSA) is 63.6 Å². The summed E-state index contributed by atoms with van der Waals surface area (Å²) in [7, 11) is -2.89. The molecule has 0 spiro atoms. The first kappa shape index (κ1) is 14.6. The standard InChI is InChI=1S/C13H17ClO4S/c14-11-2-1-3-12(8-11)18-9-13(15)10-4-6-19(16,17)7-5-10/h1-3,8,10,13,15H,4-7,9H2. The Hall–Kier alpha value is -0.780. The molecule has 19 heavy (non-hydrogen) atoms. The molecule has 1 heterocycles. The van der Waals surface area contributed by atoms with Crippen molar-refractivity contribution in [3.05, 3.63) is 29.3 Å². The molecule has 1 aliphatic rings. The van der Waals surface area contributed by atoms with Crippen LogP contribution in [0.4, 0.5) is 0 Å². The van der Waals surface area contributed by atoms with Crippen LogP contribution in [0.1, 0.15) is 12.8 Å². The van der Waals surface area contributed by atoms with Gasteiger partial charge in [-0.05, 0) is 37.0 Å². The normalized spacial score (nSPS) is 20.9. The van der Waals surface area contributed by atoms with E-state index in [1.807, 2.05) is 0 Å². The lowest BCUT2D eigenvalue weighted by atomic mass is 9.96. The Morgan fingerprint density at radius 2 is 2.05 bits per heavy atom. The van der Waals surface area contributed by atoms with Gasteiger partial charge in [-0.1, -0.05) is 17.7 Å². The molecular formula is C13H17ClO4S. The van der Waals surface area contributed by atoms with E-state index in [9.17, 15) is 13.5 Å². The van der Waals surface area contributed by atoms with Crippen LogP contribution in [0.15, 0.2) is 24.3 Å². The Kier molecular flexibility index (Phi) is 4.71. The van der Waals surface area contributed by atoms with Crippen molar-refractivity contribution in [3.63, 3.8) is 0 Å². The summed E-state index contributed by atoms with van der Waals surface area (Å²) < 4.78 is 28.1. The van der Waals surface area contributed by atoms with Crippen LogP contribution in [0.5, 0.6) is 5.75 Å². The summed E-state index contributed by atoms with van der Waals surface area (Å²) in [5.74, 6) is 0.912. The van der Waals surface area contributed by atoms with E-state index in [0.717, 1.165) is 0 Å². The summed E-state index contributed by atoms with van der Waals surface area (Å²) in [5.41, 5.74) is 0. The second-order valence-electron chi connectivity index (χ2n) is 4.82. The smallest absolute Gasteiger partial charge is 0.150 e. The Morgan fingerprint density at radius 3 is 2.68 bits per heavy atom. The molecule has 2 rings (SSSR count). The van der Waals surface area contributed by atoms with Gasteiger partial charge in [-0.2, -0.15) is 0 Å². The summed E-state index contributed by atoms with van der Waals surface area (Å²) in [6.07, 6.45) is 0.361. The predicted octanol–water partition coefficient (Wildman–Crippen LogP) is 1.90. The Morgan fingerprint density at radius 1 is 1.37 bits per heavy atom. The van der Waals surface area contributed by atoms with Gasteiger partial charge in [0.05, 0.1) is 17.6 Å². The minimum Gasteiger partial charge on any atom is -0.491 e. The van der Waals surface area contributed by atoms with Crippen LogP contribution in [0.25, 0.3) is 0 Å². The third-order valence-electron chi connectivity index (χ3n) is 3.36. The minimum atomic E-state index is -2.89. The molecule has 1 aromatic carbocycles. The average Bonchev–Trinajstić information content (AvgIpc) is 2.36. The molecule has 1 fully saturated rings. The summed E-state index contributed by atoms with van der Waals surface area (Å²) in [4.78, 5) is 0. The van der Waals surface area contributed by atoms with Crippen LogP contribution in [0, 0.1) is 5.92 Å². The number of aliphatic hydroxyl groups excluding tert-OH is 1. The molecule has 1 saturated heterocycles. The maximum absolute atomic E-state index is 11.3. The van der Waals surface area contributed by atoms with E-state index in [0.29, 0.717) is 23.6 Å². The van der Waals surface area contributed by atoms with Crippen LogP contribution >= 0.6 is 11.6 Å². The van der Waals surface area contributed by atoms with Gasteiger partial charge < -0.3 is 9.84 Å². The molecule has 1 unspecified atom stereocenters. The van der Waals surface area contributed by atoms with Crippen LogP contribution in [-0.2, 0) is 9.84 Å². The molecule has 106 valence electrons.